The van der Waals surface area contributed by atoms with Crippen molar-refractivity contribution in [3.05, 3.63) is 68.8 Å². The second-order valence-electron chi connectivity index (χ2n) is 3.97. The van der Waals surface area contributed by atoms with Crippen LogP contribution >= 0.6 is 0 Å². The molecule has 2 rings (SSSR count). The fourth-order valence-electron chi connectivity index (χ4n) is 1.91. The number of rotatable bonds is 5. The first-order valence-electron chi connectivity index (χ1n) is 5.87. The molecule has 0 fully saturated rings. The van der Waals surface area contributed by atoms with Crippen LogP contribution in [-0.4, -0.2) is 17.0 Å². The molecule has 0 atom stereocenters. The van der Waals surface area contributed by atoms with Gasteiger partial charge >= 0.3 is 22.7 Å². The van der Waals surface area contributed by atoms with Crippen LogP contribution in [0.5, 0.6) is 0 Å². The number of anilines is 2. The molecule has 0 amide bonds. The standard InChI is InChI=1S/C13H11N3O5/c1-21-14(10-6-2-4-8-12(10)15(17)18)11-7-3-5-9-13(11)16(19)20/h2-9H,1H3/q+1. The molecule has 0 bridgehead atoms. The van der Waals surface area contributed by atoms with Crippen LogP contribution < -0.4 is 5.06 Å². The highest BCUT2D eigenvalue weighted by Crippen LogP contribution is 2.37. The minimum atomic E-state index is -0.573. The molecule has 0 unspecified atom stereocenters. The molecule has 0 saturated carbocycles. The molecule has 0 spiro atoms. The number of nitro benzene ring substituents is 2. The van der Waals surface area contributed by atoms with Gasteiger partial charge < -0.3 is 0 Å². The van der Waals surface area contributed by atoms with E-state index in [2.05, 4.69) is 0 Å². The van der Waals surface area contributed by atoms with E-state index in [1.807, 2.05) is 0 Å². The van der Waals surface area contributed by atoms with Crippen molar-refractivity contribution in [3.63, 3.8) is 0 Å². The van der Waals surface area contributed by atoms with Crippen molar-refractivity contribution in [1.82, 2.24) is 5.06 Å². The Labute approximate surface area is 119 Å². The van der Waals surface area contributed by atoms with E-state index in [0.29, 0.717) is 0 Å². The fourth-order valence-corrected chi connectivity index (χ4v) is 1.91. The maximum atomic E-state index is 11.1. The van der Waals surface area contributed by atoms with Gasteiger partial charge in [0.05, 0.1) is 14.9 Å². The number of nitro groups is 2. The molecule has 8 nitrogen and oxygen atoms in total. The third-order valence-electron chi connectivity index (χ3n) is 2.78. The lowest BCUT2D eigenvalue weighted by Crippen LogP contribution is -2.19. The second-order valence-corrected chi connectivity index (χ2v) is 3.97. The van der Waals surface area contributed by atoms with Crippen molar-refractivity contribution in [2.75, 3.05) is 7.11 Å². The largest absolute Gasteiger partial charge is 0.338 e. The normalized spacial score (nSPS) is 10.6. The summed E-state index contributed by atoms with van der Waals surface area (Å²) in [6.07, 6.45) is 0. The molecule has 2 aromatic carbocycles. The molecule has 0 aliphatic heterocycles. The summed E-state index contributed by atoms with van der Waals surface area (Å²) < 4.78 is 0. The highest BCUT2D eigenvalue weighted by atomic mass is 16.7. The number of nitrogens with zero attached hydrogens (tertiary/aromatic N) is 3. The van der Waals surface area contributed by atoms with Crippen LogP contribution in [0.1, 0.15) is 0 Å². The number of hydrogen-bond acceptors (Lipinski definition) is 6. The van der Waals surface area contributed by atoms with Crippen molar-refractivity contribution in [3.8, 4) is 0 Å². The van der Waals surface area contributed by atoms with Gasteiger partial charge in [-0.25, -0.2) is 0 Å². The molecule has 1 radical (unpaired) electrons. The van der Waals surface area contributed by atoms with E-state index in [1.54, 1.807) is 12.1 Å². The van der Waals surface area contributed by atoms with Crippen LogP contribution in [0.15, 0.2) is 48.5 Å². The Kier molecular flexibility index (Phi) is 4.21. The highest BCUT2D eigenvalue weighted by molar-refractivity contribution is 5.68. The molecule has 107 valence electrons. The summed E-state index contributed by atoms with van der Waals surface area (Å²) in [6, 6.07) is 11.7. The van der Waals surface area contributed by atoms with Crippen LogP contribution in [-0.2, 0) is 4.84 Å². The molecular weight excluding hydrogens is 278 g/mol. The fraction of sp³-hybridized carbons (Fsp3) is 0.0769. The lowest BCUT2D eigenvalue weighted by atomic mass is 10.2. The first-order valence-corrected chi connectivity index (χ1v) is 5.87. The summed E-state index contributed by atoms with van der Waals surface area (Å²) in [6.45, 7) is 0. The monoisotopic (exact) mass is 289 g/mol. The van der Waals surface area contributed by atoms with E-state index in [1.165, 1.54) is 43.5 Å². The van der Waals surface area contributed by atoms with Gasteiger partial charge in [0.2, 0.25) is 0 Å². The number of para-hydroxylation sites is 4. The molecule has 0 aliphatic carbocycles. The first-order chi connectivity index (χ1) is 10.1. The van der Waals surface area contributed by atoms with E-state index in [0.717, 1.165) is 5.06 Å². The lowest BCUT2D eigenvalue weighted by molar-refractivity contribution is -0.386. The smallest absolute Gasteiger partial charge is 0.258 e. The zero-order valence-corrected chi connectivity index (χ0v) is 11.0. The van der Waals surface area contributed by atoms with Crippen molar-refractivity contribution < 1.29 is 14.7 Å². The Morgan fingerprint density at radius 3 is 1.38 bits per heavy atom. The molecule has 8 heteroatoms. The van der Waals surface area contributed by atoms with Gasteiger partial charge in [-0.15, -0.1) is 4.84 Å². The minimum Gasteiger partial charge on any atom is -0.258 e. The topological polar surface area (TPSA) is 101 Å². The average molecular weight is 289 g/mol. The lowest BCUT2D eigenvalue weighted by Gasteiger charge is -2.06. The van der Waals surface area contributed by atoms with Gasteiger partial charge in [0.1, 0.15) is 7.11 Å². The maximum absolute atomic E-state index is 11.1. The van der Waals surface area contributed by atoms with E-state index >= 15 is 0 Å². The number of hydrogen-bond donors (Lipinski definition) is 0. The Bertz CT molecular complexity index is 632. The van der Waals surface area contributed by atoms with Crippen LogP contribution in [0.2, 0.25) is 0 Å². The molecule has 0 aliphatic rings. The summed E-state index contributed by atoms with van der Waals surface area (Å²) in [7, 11) is 1.29. The zero-order valence-electron chi connectivity index (χ0n) is 11.0. The van der Waals surface area contributed by atoms with E-state index < -0.39 is 9.85 Å². The molecular formula is C13H11N3O5+. The SMILES string of the molecule is CO[N+](c1ccccc1[N+](=O)[O-])c1ccccc1[N+](=O)[O-]. The van der Waals surface area contributed by atoms with Crippen molar-refractivity contribution in [2.45, 2.75) is 0 Å². The Hall–Kier alpha value is -2.84. The zero-order chi connectivity index (χ0) is 15.4. The second kappa shape index (κ2) is 6.07. The van der Waals surface area contributed by atoms with Crippen LogP contribution in [0.3, 0.4) is 0 Å². The average Bonchev–Trinajstić information content (AvgIpc) is 2.48. The Balaban J connectivity index is 2.61. The Morgan fingerprint density at radius 1 is 0.762 bits per heavy atom. The molecule has 2 aromatic rings. The summed E-state index contributed by atoms with van der Waals surface area (Å²) in [5, 5.41) is 23.2. The third-order valence-corrected chi connectivity index (χ3v) is 2.78. The van der Waals surface area contributed by atoms with Gasteiger partial charge in [0.25, 0.3) is 0 Å². The van der Waals surface area contributed by atoms with Gasteiger partial charge in [-0.1, -0.05) is 24.3 Å². The van der Waals surface area contributed by atoms with Crippen molar-refractivity contribution in [2.24, 2.45) is 0 Å². The summed E-state index contributed by atoms with van der Waals surface area (Å²) in [5.41, 5.74) is -0.200. The molecule has 0 heterocycles. The van der Waals surface area contributed by atoms with Crippen molar-refractivity contribution >= 4 is 22.7 Å². The van der Waals surface area contributed by atoms with Crippen molar-refractivity contribution in [1.29, 1.82) is 0 Å². The molecule has 0 N–H and O–H groups in total. The predicted molar refractivity (Wildman–Crippen MR) is 74.7 cm³/mol. The summed E-state index contributed by atoms with van der Waals surface area (Å²) >= 11 is 0. The van der Waals surface area contributed by atoms with E-state index in [9.17, 15) is 20.2 Å². The number of benzene rings is 2. The van der Waals surface area contributed by atoms with E-state index in [-0.39, 0.29) is 22.7 Å². The van der Waals surface area contributed by atoms with Gasteiger partial charge in [0.15, 0.2) is 0 Å². The van der Waals surface area contributed by atoms with Gasteiger partial charge in [-0.3, -0.25) is 20.2 Å². The maximum Gasteiger partial charge on any atom is 0.338 e. The first kappa shape index (κ1) is 14.6. The summed E-state index contributed by atoms with van der Waals surface area (Å²) in [5.74, 6) is 0. The molecule has 21 heavy (non-hydrogen) atoms. The van der Waals surface area contributed by atoms with Gasteiger partial charge in [0, 0.05) is 24.3 Å². The summed E-state index contributed by atoms with van der Waals surface area (Å²) in [4.78, 5) is 26.1. The van der Waals surface area contributed by atoms with E-state index in [4.69, 9.17) is 4.84 Å². The highest BCUT2D eigenvalue weighted by Gasteiger charge is 2.38. The van der Waals surface area contributed by atoms with Crippen LogP contribution in [0.4, 0.5) is 22.7 Å². The molecule has 0 aromatic heterocycles. The van der Waals surface area contributed by atoms with Gasteiger partial charge in [-0.05, 0) is 0 Å². The predicted octanol–water partition coefficient (Wildman–Crippen LogP) is 3.17. The third kappa shape index (κ3) is 2.86. The minimum absolute atomic E-state index is 0.110. The van der Waals surface area contributed by atoms with Gasteiger partial charge in [-0.2, -0.15) is 0 Å². The Morgan fingerprint density at radius 2 is 1.10 bits per heavy atom. The van der Waals surface area contributed by atoms with Crippen LogP contribution in [0.25, 0.3) is 0 Å². The van der Waals surface area contributed by atoms with Crippen LogP contribution in [0, 0.1) is 20.2 Å². The quantitative estimate of drug-likeness (QED) is 0.478. The molecule has 0 saturated heterocycles.